The van der Waals surface area contributed by atoms with Crippen LogP contribution < -0.4 is 4.90 Å². The molecule has 10 aromatic rings. The average Bonchev–Trinajstić information content (AvgIpc) is 3.87. The van der Waals surface area contributed by atoms with E-state index in [1.54, 1.807) is 0 Å². The first-order chi connectivity index (χ1) is 29.3. The quantitative estimate of drug-likeness (QED) is 0.173. The Kier molecular flexibility index (Phi) is 7.36. The number of anilines is 3. The first kappa shape index (κ1) is 34.8. The number of rotatable bonds is 5. The van der Waals surface area contributed by atoms with Crippen LogP contribution in [0.4, 0.5) is 17.1 Å². The minimum Gasteiger partial charge on any atom is -0.455 e. The molecule has 0 aliphatic heterocycles. The van der Waals surface area contributed by atoms with Gasteiger partial charge in [0.2, 0.25) is 0 Å². The standard InChI is InChI=1S/C58H43NO/c1-57(2)50-20-9-7-15-45(50)47-34-32-41(35-52(47)57)59(40-30-25-38(26-31-40)43-18-11-19-48-46-16-8-10-21-51(46)58(3,4)55(43)48)39-28-23-37(24-29-39)42-17-12-22-53-54(42)49-33-27-36-13-5-6-14-44(36)56(49)60-53/h5-35H,1-4H3. The molecule has 0 spiro atoms. The highest BCUT2D eigenvalue weighted by Crippen LogP contribution is 2.53. The molecule has 0 bridgehead atoms. The number of hydrogen-bond donors (Lipinski definition) is 0. The van der Waals surface area contributed by atoms with Crippen molar-refractivity contribution >= 4 is 49.8 Å². The van der Waals surface area contributed by atoms with Gasteiger partial charge in [-0.1, -0.05) is 167 Å². The normalized spacial score (nSPS) is 14.3. The Labute approximate surface area is 351 Å². The molecule has 0 radical (unpaired) electrons. The molecule has 0 atom stereocenters. The van der Waals surface area contributed by atoms with Gasteiger partial charge in [-0.15, -0.1) is 0 Å². The fourth-order valence-electron chi connectivity index (χ4n) is 10.7. The lowest BCUT2D eigenvalue weighted by molar-refractivity contribution is 0.660. The molecule has 0 saturated heterocycles. The van der Waals surface area contributed by atoms with E-state index < -0.39 is 0 Å². The van der Waals surface area contributed by atoms with Crippen LogP contribution in [0.5, 0.6) is 0 Å². The first-order valence-electron chi connectivity index (χ1n) is 21.1. The van der Waals surface area contributed by atoms with Crippen LogP contribution in [0.1, 0.15) is 49.9 Å². The molecule has 9 aromatic carbocycles. The largest absolute Gasteiger partial charge is 0.455 e. The van der Waals surface area contributed by atoms with Crippen molar-refractivity contribution in [3.63, 3.8) is 0 Å². The molecule has 2 heteroatoms. The molecule has 2 aliphatic rings. The zero-order chi connectivity index (χ0) is 40.3. The second-order valence-electron chi connectivity index (χ2n) is 17.7. The third-order valence-corrected chi connectivity index (χ3v) is 13.7. The smallest absolute Gasteiger partial charge is 0.143 e. The lowest BCUT2D eigenvalue weighted by atomic mass is 9.79. The van der Waals surface area contributed by atoms with E-state index in [1.807, 2.05) is 0 Å². The van der Waals surface area contributed by atoms with Crippen molar-refractivity contribution in [1.82, 2.24) is 0 Å². The van der Waals surface area contributed by atoms with Crippen LogP contribution in [0, 0.1) is 0 Å². The Morgan fingerprint density at radius 3 is 1.68 bits per heavy atom. The topological polar surface area (TPSA) is 16.4 Å². The van der Waals surface area contributed by atoms with Crippen molar-refractivity contribution < 1.29 is 4.42 Å². The van der Waals surface area contributed by atoms with Gasteiger partial charge in [0.25, 0.3) is 0 Å². The van der Waals surface area contributed by atoms with Crippen molar-refractivity contribution in [3.05, 3.63) is 210 Å². The molecule has 0 saturated carbocycles. The van der Waals surface area contributed by atoms with E-state index in [0.717, 1.165) is 50.0 Å². The zero-order valence-corrected chi connectivity index (χ0v) is 34.3. The Morgan fingerprint density at radius 1 is 0.383 bits per heavy atom. The number of hydrogen-bond acceptors (Lipinski definition) is 2. The van der Waals surface area contributed by atoms with E-state index in [9.17, 15) is 0 Å². The molecule has 60 heavy (non-hydrogen) atoms. The molecular weight excluding hydrogens is 727 g/mol. The lowest BCUT2D eigenvalue weighted by Crippen LogP contribution is -2.16. The minimum absolute atomic E-state index is 0.0926. The van der Waals surface area contributed by atoms with Gasteiger partial charge in [0.1, 0.15) is 11.2 Å². The maximum absolute atomic E-state index is 6.57. The number of furan rings is 1. The molecule has 12 rings (SSSR count). The van der Waals surface area contributed by atoms with Gasteiger partial charge in [0.15, 0.2) is 0 Å². The van der Waals surface area contributed by atoms with Crippen molar-refractivity contribution in [1.29, 1.82) is 0 Å². The molecule has 286 valence electrons. The van der Waals surface area contributed by atoms with Crippen LogP contribution >= 0.6 is 0 Å². The first-order valence-corrected chi connectivity index (χ1v) is 21.1. The lowest BCUT2D eigenvalue weighted by Gasteiger charge is -2.29. The number of nitrogens with zero attached hydrogens (tertiary/aromatic N) is 1. The SMILES string of the molecule is CC1(C)c2ccccc2-c2ccc(N(c3ccc(-c4cccc5c4C(C)(C)c4ccccc4-5)cc3)c3ccc(-c4cccc5oc6c7ccccc7ccc6c45)cc3)cc21. The van der Waals surface area contributed by atoms with Gasteiger partial charge in [-0.05, 0) is 121 Å². The van der Waals surface area contributed by atoms with Gasteiger partial charge in [0.05, 0.1) is 0 Å². The van der Waals surface area contributed by atoms with Crippen molar-refractivity contribution in [2.75, 3.05) is 4.90 Å². The molecule has 0 fully saturated rings. The van der Waals surface area contributed by atoms with Crippen LogP contribution in [0.3, 0.4) is 0 Å². The van der Waals surface area contributed by atoms with Crippen LogP contribution in [-0.2, 0) is 10.8 Å². The molecule has 0 amide bonds. The van der Waals surface area contributed by atoms with E-state index in [2.05, 4.69) is 221 Å². The Hall–Kier alpha value is -7.16. The van der Waals surface area contributed by atoms with Crippen molar-refractivity contribution in [2.24, 2.45) is 0 Å². The summed E-state index contributed by atoms with van der Waals surface area (Å²) in [6, 6.07) is 69.2. The van der Waals surface area contributed by atoms with Gasteiger partial charge in [0, 0.05) is 44.1 Å². The Morgan fingerprint density at radius 2 is 0.933 bits per heavy atom. The minimum atomic E-state index is -0.114. The number of benzene rings is 9. The van der Waals surface area contributed by atoms with E-state index >= 15 is 0 Å². The van der Waals surface area contributed by atoms with Crippen LogP contribution in [-0.4, -0.2) is 0 Å². The third kappa shape index (κ3) is 4.94. The fourth-order valence-corrected chi connectivity index (χ4v) is 10.7. The summed E-state index contributed by atoms with van der Waals surface area (Å²) >= 11 is 0. The fraction of sp³-hybridized carbons (Fsp3) is 0.103. The average molecular weight is 770 g/mol. The predicted molar refractivity (Wildman–Crippen MR) is 252 cm³/mol. The van der Waals surface area contributed by atoms with Crippen molar-refractivity contribution in [2.45, 2.75) is 38.5 Å². The Balaban J connectivity index is 0.983. The zero-order valence-electron chi connectivity index (χ0n) is 34.3. The predicted octanol–water partition coefficient (Wildman–Crippen LogP) is 16.2. The third-order valence-electron chi connectivity index (χ3n) is 13.7. The highest BCUT2D eigenvalue weighted by molar-refractivity contribution is 6.19. The van der Waals surface area contributed by atoms with E-state index in [0.29, 0.717) is 0 Å². The molecule has 2 aliphatic carbocycles. The summed E-state index contributed by atoms with van der Waals surface area (Å²) in [4.78, 5) is 2.42. The molecule has 0 N–H and O–H groups in total. The van der Waals surface area contributed by atoms with E-state index in [4.69, 9.17) is 4.42 Å². The molecule has 0 unspecified atom stereocenters. The van der Waals surface area contributed by atoms with Crippen LogP contribution in [0.15, 0.2) is 192 Å². The van der Waals surface area contributed by atoms with Gasteiger partial charge in [-0.25, -0.2) is 0 Å². The summed E-state index contributed by atoms with van der Waals surface area (Å²) < 4.78 is 6.57. The van der Waals surface area contributed by atoms with Crippen LogP contribution in [0.2, 0.25) is 0 Å². The van der Waals surface area contributed by atoms with Gasteiger partial charge >= 0.3 is 0 Å². The summed E-state index contributed by atoms with van der Waals surface area (Å²) in [5.74, 6) is 0. The molecular formula is C58H43NO. The van der Waals surface area contributed by atoms with Gasteiger partial charge in [-0.3, -0.25) is 0 Å². The summed E-state index contributed by atoms with van der Waals surface area (Å²) in [6.45, 7) is 9.45. The summed E-state index contributed by atoms with van der Waals surface area (Å²) in [6.07, 6.45) is 0. The maximum Gasteiger partial charge on any atom is 0.143 e. The van der Waals surface area contributed by atoms with Gasteiger partial charge in [-0.2, -0.15) is 0 Å². The molecule has 1 heterocycles. The second-order valence-corrected chi connectivity index (χ2v) is 17.7. The monoisotopic (exact) mass is 769 g/mol. The summed E-state index contributed by atoms with van der Waals surface area (Å²) in [5, 5.41) is 4.62. The maximum atomic E-state index is 6.57. The number of fused-ring (bicyclic) bond motifs is 11. The highest BCUT2D eigenvalue weighted by Gasteiger charge is 2.38. The Bertz CT molecular complexity index is 3360. The van der Waals surface area contributed by atoms with E-state index in [-0.39, 0.29) is 10.8 Å². The highest BCUT2D eigenvalue weighted by atomic mass is 16.3. The summed E-state index contributed by atoms with van der Waals surface area (Å²) in [5.41, 5.74) is 20.7. The van der Waals surface area contributed by atoms with Crippen LogP contribution in [0.25, 0.3) is 77.2 Å². The summed E-state index contributed by atoms with van der Waals surface area (Å²) in [7, 11) is 0. The van der Waals surface area contributed by atoms with Gasteiger partial charge < -0.3 is 9.32 Å². The molecule has 2 nitrogen and oxygen atoms in total. The van der Waals surface area contributed by atoms with Crippen molar-refractivity contribution in [3.8, 4) is 44.5 Å². The molecule has 1 aromatic heterocycles. The second kappa shape index (κ2) is 12.7. The van der Waals surface area contributed by atoms with E-state index in [1.165, 1.54) is 66.6 Å².